The fraction of sp³-hybridized carbons (Fsp3) is 0.500. The van der Waals surface area contributed by atoms with Gasteiger partial charge in [-0.05, 0) is 42.7 Å². The van der Waals surface area contributed by atoms with E-state index >= 15 is 0 Å². The molecule has 3 rings (SSSR count). The van der Waals surface area contributed by atoms with Crippen molar-refractivity contribution in [1.82, 2.24) is 4.98 Å². The number of fused-ring (bicyclic) bond motifs is 1. The van der Waals surface area contributed by atoms with Crippen LogP contribution in [0.4, 0.5) is 5.82 Å². The maximum atomic E-state index is 4.62. The lowest BCUT2D eigenvalue weighted by Crippen LogP contribution is -2.36. The first kappa shape index (κ1) is 12.4. The van der Waals surface area contributed by atoms with E-state index in [-0.39, 0.29) is 0 Å². The van der Waals surface area contributed by atoms with Crippen LogP contribution in [-0.2, 0) is 0 Å². The molecule has 2 aromatic rings. The summed E-state index contributed by atoms with van der Waals surface area (Å²) in [5.41, 5.74) is 0. The molecule has 0 spiro atoms. The molecule has 0 N–H and O–H groups in total. The SMILES string of the molecule is BrCCC1CCCN(c2nccc3sccc23)C1. The molecule has 0 amide bonds. The van der Waals surface area contributed by atoms with Crippen LogP contribution in [0.25, 0.3) is 10.1 Å². The maximum absolute atomic E-state index is 4.62. The second-order valence-corrected chi connectivity index (χ2v) is 6.64. The number of anilines is 1. The molecule has 1 fully saturated rings. The molecule has 0 radical (unpaired) electrons. The molecule has 1 aliphatic rings. The minimum absolute atomic E-state index is 0.814. The molecule has 0 saturated carbocycles. The van der Waals surface area contributed by atoms with E-state index in [9.17, 15) is 0 Å². The lowest BCUT2D eigenvalue weighted by molar-refractivity contribution is 0.407. The third kappa shape index (κ3) is 2.41. The topological polar surface area (TPSA) is 16.1 Å². The van der Waals surface area contributed by atoms with E-state index in [4.69, 9.17) is 0 Å². The molecule has 1 saturated heterocycles. The number of piperidine rings is 1. The van der Waals surface area contributed by atoms with E-state index in [2.05, 4.69) is 43.3 Å². The van der Waals surface area contributed by atoms with E-state index in [0.717, 1.165) is 24.3 Å². The van der Waals surface area contributed by atoms with E-state index in [1.54, 1.807) is 11.3 Å². The van der Waals surface area contributed by atoms with Crippen LogP contribution in [0.15, 0.2) is 23.7 Å². The molecule has 96 valence electrons. The molecular formula is C14H17BrN2S. The molecule has 2 aromatic heterocycles. The molecule has 0 aromatic carbocycles. The summed E-state index contributed by atoms with van der Waals surface area (Å²) in [5, 5.41) is 4.60. The second-order valence-electron chi connectivity index (χ2n) is 4.90. The molecule has 1 unspecified atom stereocenters. The summed E-state index contributed by atoms with van der Waals surface area (Å²) in [6.07, 6.45) is 5.87. The largest absolute Gasteiger partial charge is 0.356 e. The Labute approximate surface area is 120 Å². The van der Waals surface area contributed by atoms with Crippen molar-refractivity contribution in [3.05, 3.63) is 23.7 Å². The number of rotatable bonds is 3. The molecule has 4 heteroatoms. The van der Waals surface area contributed by atoms with Crippen molar-refractivity contribution in [3.8, 4) is 0 Å². The Morgan fingerprint density at radius 3 is 3.28 bits per heavy atom. The van der Waals surface area contributed by atoms with Crippen LogP contribution in [0.3, 0.4) is 0 Å². The zero-order valence-corrected chi connectivity index (χ0v) is 12.7. The summed E-state index contributed by atoms with van der Waals surface area (Å²) in [6.45, 7) is 2.31. The summed E-state index contributed by atoms with van der Waals surface area (Å²) < 4.78 is 1.35. The standard InChI is InChI=1S/C14H17BrN2S/c15-6-3-11-2-1-8-17(10-11)14-12-5-9-18-13(12)4-7-16-14/h4-5,7,9,11H,1-3,6,8,10H2. The van der Waals surface area contributed by atoms with E-state index < -0.39 is 0 Å². The average Bonchev–Trinajstić information content (AvgIpc) is 2.87. The normalized spacial score (nSPS) is 20.5. The monoisotopic (exact) mass is 324 g/mol. The summed E-state index contributed by atoms with van der Waals surface area (Å²) in [5.74, 6) is 2.00. The fourth-order valence-electron chi connectivity index (χ4n) is 2.78. The van der Waals surface area contributed by atoms with Gasteiger partial charge in [0.25, 0.3) is 0 Å². The molecule has 1 atom stereocenters. The summed E-state index contributed by atoms with van der Waals surface area (Å²) in [7, 11) is 0. The first-order chi connectivity index (χ1) is 8.88. The zero-order chi connectivity index (χ0) is 12.4. The van der Waals surface area contributed by atoms with E-state index in [1.807, 2.05) is 6.20 Å². The van der Waals surface area contributed by atoms with Crippen molar-refractivity contribution >= 4 is 43.2 Å². The van der Waals surface area contributed by atoms with Crippen LogP contribution < -0.4 is 4.90 Å². The molecule has 2 nitrogen and oxygen atoms in total. The highest BCUT2D eigenvalue weighted by molar-refractivity contribution is 9.09. The van der Waals surface area contributed by atoms with Gasteiger partial charge in [0, 0.05) is 34.7 Å². The highest BCUT2D eigenvalue weighted by Gasteiger charge is 2.21. The van der Waals surface area contributed by atoms with Crippen molar-refractivity contribution in [2.45, 2.75) is 19.3 Å². The van der Waals surface area contributed by atoms with Gasteiger partial charge in [0.15, 0.2) is 0 Å². The predicted octanol–water partition coefficient (Wildman–Crippen LogP) is 4.30. The zero-order valence-electron chi connectivity index (χ0n) is 10.3. The summed E-state index contributed by atoms with van der Waals surface area (Å²) in [6, 6.07) is 4.32. The second kappa shape index (κ2) is 5.57. The minimum Gasteiger partial charge on any atom is -0.356 e. The van der Waals surface area contributed by atoms with Crippen molar-refractivity contribution in [3.63, 3.8) is 0 Å². The van der Waals surface area contributed by atoms with Crippen LogP contribution in [-0.4, -0.2) is 23.4 Å². The van der Waals surface area contributed by atoms with Gasteiger partial charge in [0.1, 0.15) is 5.82 Å². The molecule has 1 aliphatic heterocycles. The van der Waals surface area contributed by atoms with Crippen molar-refractivity contribution < 1.29 is 0 Å². The Morgan fingerprint density at radius 2 is 2.39 bits per heavy atom. The molecule has 0 aliphatic carbocycles. The molecule has 3 heterocycles. The third-order valence-electron chi connectivity index (χ3n) is 3.69. The number of hydrogen-bond acceptors (Lipinski definition) is 3. The van der Waals surface area contributed by atoms with E-state index in [1.165, 1.54) is 35.2 Å². The highest BCUT2D eigenvalue weighted by Crippen LogP contribution is 2.31. The van der Waals surface area contributed by atoms with Crippen molar-refractivity contribution in [2.75, 3.05) is 23.3 Å². The lowest BCUT2D eigenvalue weighted by atomic mass is 9.95. The van der Waals surface area contributed by atoms with Crippen LogP contribution >= 0.6 is 27.3 Å². The Kier molecular flexibility index (Phi) is 3.85. The number of aromatic nitrogens is 1. The van der Waals surface area contributed by atoms with Gasteiger partial charge in [-0.15, -0.1) is 11.3 Å². The number of hydrogen-bond donors (Lipinski definition) is 0. The number of nitrogens with zero attached hydrogens (tertiary/aromatic N) is 2. The van der Waals surface area contributed by atoms with Gasteiger partial charge in [-0.2, -0.15) is 0 Å². The van der Waals surface area contributed by atoms with Crippen molar-refractivity contribution in [1.29, 1.82) is 0 Å². The van der Waals surface area contributed by atoms with Gasteiger partial charge in [-0.25, -0.2) is 4.98 Å². The first-order valence-electron chi connectivity index (χ1n) is 6.51. The maximum Gasteiger partial charge on any atom is 0.137 e. The molecule has 0 bridgehead atoms. The average molecular weight is 325 g/mol. The number of halogens is 1. The summed E-state index contributed by atoms with van der Waals surface area (Å²) in [4.78, 5) is 7.10. The van der Waals surface area contributed by atoms with Gasteiger partial charge in [0.2, 0.25) is 0 Å². The Hall–Kier alpha value is -0.610. The van der Waals surface area contributed by atoms with E-state index in [0.29, 0.717) is 0 Å². The first-order valence-corrected chi connectivity index (χ1v) is 8.51. The number of alkyl halides is 1. The van der Waals surface area contributed by atoms with Crippen LogP contribution in [0, 0.1) is 5.92 Å². The lowest BCUT2D eigenvalue weighted by Gasteiger charge is -2.33. The smallest absolute Gasteiger partial charge is 0.137 e. The molecular weight excluding hydrogens is 308 g/mol. The van der Waals surface area contributed by atoms with Gasteiger partial charge in [-0.3, -0.25) is 0 Å². The van der Waals surface area contributed by atoms with Gasteiger partial charge >= 0.3 is 0 Å². The third-order valence-corrected chi connectivity index (χ3v) is 5.03. The van der Waals surface area contributed by atoms with Crippen molar-refractivity contribution in [2.24, 2.45) is 5.92 Å². The van der Waals surface area contributed by atoms with Gasteiger partial charge < -0.3 is 4.90 Å². The van der Waals surface area contributed by atoms with Gasteiger partial charge in [0.05, 0.1) is 0 Å². The minimum atomic E-state index is 0.814. The quantitative estimate of drug-likeness (QED) is 0.782. The fourth-order valence-corrected chi connectivity index (χ4v) is 4.20. The Bertz CT molecular complexity index is 523. The van der Waals surface area contributed by atoms with Crippen LogP contribution in [0.1, 0.15) is 19.3 Å². The highest BCUT2D eigenvalue weighted by atomic mass is 79.9. The summed E-state index contributed by atoms with van der Waals surface area (Å²) >= 11 is 5.36. The van der Waals surface area contributed by atoms with Crippen LogP contribution in [0.2, 0.25) is 0 Å². The molecule has 18 heavy (non-hydrogen) atoms. The van der Waals surface area contributed by atoms with Gasteiger partial charge in [-0.1, -0.05) is 15.9 Å². The van der Waals surface area contributed by atoms with Crippen LogP contribution in [0.5, 0.6) is 0 Å². The number of pyridine rings is 1. The number of thiophene rings is 1. The Morgan fingerprint density at radius 1 is 1.44 bits per heavy atom. The predicted molar refractivity (Wildman–Crippen MR) is 83.0 cm³/mol. The Balaban J connectivity index is 1.87.